The van der Waals surface area contributed by atoms with E-state index in [0.29, 0.717) is 22.8 Å². The van der Waals surface area contributed by atoms with Crippen molar-refractivity contribution < 1.29 is 19.4 Å². The SMILES string of the molecule is COc1ccc(OC)c(-c2[nH]cc(N)c2C(=O)O)c1. The Balaban J connectivity index is 2.67. The minimum absolute atomic E-state index is 0.0200. The average Bonchev–Trinajstić information content (AvgIpc) is 2.79. The molecule has 100 valence electrons. The summed E-state index contributed by atoms with van der Waals surface area (Å²) in [6, 6.07) is 5.13. The number of nitrogen functional groups attached to an aromatic ring is 1. The molecule has 6 nitrogen and oxygen atoms in total. The Morgan fingerprint density at radius 3 is 2.63 bits per heavy atom. The van der Waals surface area contributed by atoms with Gasteiger partial charge in [-0.3, -0.25) is 0 Å². The molecule has 0 radical (unpaired) electrons. The maximum atomic E-state index is 11.3. The lowest BCUT2D eigenvalue weighted by atomic mass is 10.1. The summed E-state index contributed by atoms with van der Waals surface area (Å²) >= 11 is 0. The zero-order chi connectivity index (χ0) is 14.0. The molecule has 1 aromatic carbocycles. The molecule has 0 bridgehead atoms. The molecule has 0 saturated carbocycles. The summed E-state index contributed by atoms with van der Waals surface area (Å²) in [4.78, 5) is 14.1. The number of aromatic amines is 1. The highest BCUT2D eigenvalue weighted by Crippen LogP contribution is 2.36. The number of hydrogen-bond donors (Lipinski definition) is 3. The fraction of sp³-hybridized carbons (Fsp3) is 0.154. The molecule has 0 aliphatic heterocycles. The highest BCUT2D eigenvalue weighted by Gasteiger charge is 2.20. The Labute approximate surface area is 109 Å². The lowest BCUT2D eigenvalue weighted by molar-refractivity contribution is 0.0699. The minimum Gasteiger partial charge on any atom is -0.497 e. The van der Waals surface area contributed by atoms with Crippen molar-refractivity contribution >= 4 is 11.7 Å². The second kappa shape index (κ2) is 4.93. The average molecular weight is 262 g/mol. The van der Waals surface area contributed by atoms with Gasteiger partial charge in [0.15, 0.2) is 0 Å². The molecular formula is C13H14N2O4. The molecule has 0 aliphatic carbocycles. The number of hydrogen-bond acceptors (Lipinski definition) is 4. The monoisotopic (exact) mass is 262 g/mol. The standard InChI is InChI=1S/C13H14N2O4/c1-18-7-3-4-10(19-2)8(5-7)12-11(13(16)17)9(14)6-15-12/h3-6,15H,14H2,1-2H3,(H,16,17). The summed E-state index contributed by atoms with van der Waals surface area (Å²) in [5, 5.41) is 9.21. The first-order chi connectivity index (χ1) is 9.08. The van der Waals surface area contributed by atoms with Crippen molar-refractivity contribution in [1.82, 2.24) is 4.98 Å². The third-order valence-electron chi connectivity index (χ3n) is 2.80. The molecule has 6 heteroatoms. The van der Waals surface area contributed by atoms with Crippen molar-refractivity contribution in [3.8, 4) is 22.8 Å². The van der Waals surface area contributed by atoms with E-state index in [1.54, 1.807) is 18.2 Å². The van der Waals surface area contributed by atoms with Crippen molar-refractivity contribution in [2.75, 3.05) is 20.0 Å². The number of carboxylic acids is 1. The van der Waals surface area contributed by atoms with Crippen molar-refractivity contribution in [2.45, 2.75) is 0 Å². The second-order valence-electron chi connectivity index (χ2n) is 3.87. The molecular weight excluding hydrogens is 248 g/mol. The summed E-state index contributed by atoms with van der Waals surface area (Å²) in [5.41, 5.74) is 6.82. The fourth-order valence-corrected chi connectivity index (χ4v) is 1.89. The van der Waals surface area contributed by atoms with E-state index in [1.165, 1.54) is 20.4 Å². The molecule has 1 heterocycles. The van der Waals surface area contributed by atoms with Gasteiger partial charge in [-0.2, -0.15) is 0 Å². The lowest BCUT2D eigenvalue weighted by Crippen LogP contribution is -2.02. The Kier molecular flexibility index (Phi) is 3.33. The van der Waals surface area contributed by atoms with Gasteiger partial charge < -0.3 is 25.3 Å². The first kappa shape index (κ1) is 12.8. The first-order valence-corrected chi connectivity index (χ1v) is 5.51. The van der Waals surface area contributed by atoms with Crippen LogP contribution in [0.5, 0.6) is 11.5 Å². The van der Waals surface area contributed by atoms with E-state index < -0.39 is 5.97 Å². The van der Waals surface area contributed by atoms with Crippen LogP contribution in [0, 0.1) is 0 Å². The van der Waals surface area contributed by atoms with Gasteiger partial charge in [0.05, 0.1) is 25.6 Å². The minimum atomic E-state index is -1.10. The molecule has 19 heavy (non-hydrogen) atoms. The first-order valence-electron chi connectivity index (χ1n) is 5.51. The zero-order valence-electron chi connectivity index (χ0n) is 10.6. The van der Waals surface area contributed by atoms with Gasteiger partial charge in [0.2, 0.25) is 0 Å². The van der Waals surface area contributed by atoms with Crippen LogP contribution in [-0.2, 0) is 0 Å². The summed E-state index contributed by atoms with van der Waals surface area (Å²) in [6.45, 7) is 0. The van der Waals surface area contributed by atoms with Crippen LogP contribution < -0.4 is 15.2 Å². The van der Waals surface area contributed by atoms with Crippen molar-refractivity contribution in [3.63, 3.8) is 0 Å². The van der Waals surface area contributed by atoms with Crippen LogP contribution in [0.1, 0.15) is 10.4 Å². The molecule has 2 rings (SSSR count). The van der Waals surface area contributed by atoms with Crippen molar-refractivity contribution in [1.29, 1.82) is 0 Å². The number of carbonyl (C=O) groups is 1. The highest BCUT2D eigenvalue weighted by atomic mass is 16.5. The quantitative estimate of drug-likeness (QED) is 0.782. The molecule has 2 aromatic rings. The van der Waals surface area contributed by atoms with Crippen LogP contribution >= 0.6 is 0 Å². The Bertz CT molecular complexity index is 619. The van der Waals surface area contributed by atoms with Crippen LogP contribution in [-0.4, -0.2) is 30.3 Å². The Hall–Kier alpha value is -2.63. The maximum absolute atomic E-state index is 11.3. The third-order valence-corrected chi connectivity index (χ3v) is 2.80. The predicted octanol–water partition coefficient (Wildman–Crippen LogP) is 1.98. The van der Waals surface area contributed by atoms with E-state index in [9.17, 15) is 9.90 Å². The van der Waals surface area contributed by atoms with Crippen LogP contribution in [0.3, 0.4) is 0 Å². The molecule has 0 amide bonds. The van der Waals surface area contributed by atoms with E-state index >= 15 is 0 Å². The predicted molar refractivity (Wildman–Crippen MR) is 70.7 cm³/mol. The Morgan fingerprint density at radius 1 is 1.32 bits per heavy atom. The number of aromatic nitrogens is 1. The van der Waals surface area contributed by atoms with E-state index in [1.807, 2.05) is 0 Å². The summed E-state index contributed by atoms with van der Waals surface area (Å²) < 4.78 is 10.4. The van der Waals surface area contributed by atoms with E-state index in [2.05, 4.69) is 4.98 Å². The zero-order valence-corrected chi connectivity index (χ0v) is 10.6. The molecule has 4 N–H and O–H groups in total. The summed E-state index contributed by atoms with van der Waals surface area (Å²) in [5.74, 6) is 0.0316. The van der Waals surface area contributed by atoms with E-state index in [-0.39, 0.29) is 11.3 Å². The molecule has 0 saturated heterocycles. The van der Waals surface area contributed by atoms with Crippen LogP contribution in [0.2, 0.25) is 0 Å². The maximum Gasteiger partial charge on any atom is 0.340 e. The van der Waals surface area contributed by atoms with Gasteiger partial charge in [0.1, 0.15) is 17.1 Å². The van der Waals surface area contributed by atoms with Crippen LogP contribution in [0.4, 0.5) is 5.69 Å². The van der Waals surface area contributed by atoms with Gasteiger partial charge in [0, 0.05) is 11.8 Å². The fourth-order valence-electron chi connectivity index (χ4n) is 1.89. The molecule has 0 spiro atoms. The van der Waals surface area contributed by atoms with Crippen molar-refractivity contribution in [3.05, 3.63) is 30.0 Å². The number of nitrogens with one attached hydrogen (secondary N) is 1. The van der Waals surface area contributed by atoms with Gasteiger partial charge in [-0.1, -0.05) is 0 Å². The third kappa shape index (κ3) is 2.20. The van der Waals surface area contributed by atoms with Crippen LogP contribution in [0.25, 0.3) is 11.3 Å². The number of anilines is 1. The van der Waals surface area contributed by atoms with Gasteiger partial charge in [0.25, 0.3) is 0 Å². The number of methoxy groups -OCH3 is 2. The number of aromatic carboxylic acids is 1. The van der Waals surface area contributed by atoms with Crippen molar-refractivity contribution in [2.24, 2.45) is 0 Å². The van der Waals surface area contributed by atoms with Gasteiger partial charge in [-0.25, -0.2) is 4.79 Å². The summed E-state index contributed by atoms with van der Waals surface area (Å²) in [7, 11) is 3.05. The molecule has 0 aliphatic rings. The largest absolute Gasteiger partial charge is 0.497 e. The van der Waals surface area contributed by atoms with Crippen LogP contribution in [0.15, 0.2) is 24.4 Å². The second-order valence-corrected chi connectivity index (χ2v) is 3.87. The highest BCUT2D eigenvalue weighted by molar-refractivity contribution is 6.01. The van der Waals surface area contributed by atoms with Gasteiger partial charge in [-0.15, -0.1) is 0 Å². The Morgan fingerprint density at radius 2 is 2.05 bits per heavy atom. The topological polar surface area (TPSA) is 97.6 Å². The molecule has 1 aromatic heterocycles. The number of ether oxygens (including phenoxy) is 2. The molecule has 0 atom stereocenters. The lowest BCUT2D eigenvalue weighted by Gasteiger charge is -2.10. The number of nitrogens with two attached hydrogens (primary N) is 1. The smallest absolute Gasteiger partial charge is 0.340 e. The molecule has 0 unspecified atom stereocenters. The molecule has 0 fully saturated rings. The normalized spacial score (nSPS) is 10.2. The van der Waals surface area contributed by atoms with Gasteiger partial charge in [-0.05, 0) is 18.2 Å². The number of carboxylic acid groups (broad SMARTS) is 1. The number of benzene rings is 1. The number of rotatable bonds is 4. The van der Waals surface area contributed by atoms with E-state index in [0.717, 1.165) is 0 Å². The van der Waals surface area contributed by atoms with Gasteiger partial charge >= 0.3 is 5.97 Å². The number of H-pyrrole nitrogens is 1. The van der Waals surface area contributed by atoms with E-state index in [4.69, 9.17) is 15.2 Å². The summed E-state index contributed by atoms with van der Waals surface area (Å²) in [6.07, 6.45) is 1.44.